The molecule has 0 aromatic heterocycles. The summed E-state index contributed by atoms with van der Waals surface area (Å²) in [5.41, 5.74) is 10.0. The van der Waals surface area contributed by atoms with E-state index in [0.717, 1.165) is 50.4 Å². The van der Waals surface area contributed by atoms with Crippen LogP contribution in [0.4, 0.5) is 0 Å². The minimum Gasteiger partial charge on any atom is -0.490 e. The number of ether oxygens (including phenoxy) is 2. The highest BCUT2D eigenvalue weighted by Gasteiger charge is 2.31. The normalized spacial score (nSPS) is 15.2. The SMILES string of the molecule is CCCCCCCCOc1cc2c(cc1OCCCCCCCC)C(CCC1c3ccccc3-c3ccccc31)C(C)=C2. The highest BCUT2D eigenvalue weighted by Crippen LogP contribution is 2.50. The second kappa shape index (κ2) is 16.2. The van der Waals surface area contributed by atoms with Crippen LogP contribution in [0.5, 0.6) is 11.5 Å². The van der Waals surface area contributed by atoms with Crippen molar-refractivity contribution in [2.75, 3.05) is 13.2 Å². The Bertz CT molecular complexity index is 1290. The number of hydrogen-bond acceptors (Lipinski definition) is 2. The molecule has 0 radical (unpaired) electrons. The van der Waals surface area contributed by atoms with Crippen molar-refractivity contribution in [2.24, 2.45) is 0 Å². The van der Waals surface area contributed by atoms with Crippen LogP contribution in [0.3, 0.4) is 0 Å². The Hall–Kier alpha value is -3.00. The highest BCUT2D eigenvalue weighted by molar-refractivity contribution is 5.78. The van der Waals surface area contributed by atoms with Crippen LogP contribution in [0.25, 0.3) is 17.2 Å². The summed E-state index contributed by atoms with van der Waals surface area (Å²) in [6.45, 7) is 8.40. The zero-order valence-electron chi connectivity index (χ0n) is 27.1. The number of fused-ring (bicyclic) bond motifs is 4. The lowest BCUT2D eigenvalue weighted by Gasteiger charge is -2.21. The van der Waals surface area contributed by atoms with E-state index in [4.69, 9.17) is 9.47 Å². The van der Waals surface area contributed by atoms with Crippen LogP contribution in [0.2, 0.25) is 0 Å². The van der Waals surface area contributed by atoms with Gasteiger partial charge in [0.2, 0.25) is 0 Å². The van der Waals surface area contributed by atoms with Crippen molar-refractivity contribution >= 4 is 6.08 Å². The number of benzene rings is 3. The summed E-state index contributed by atoms with van der Waals surface area (Å²) in [5, 5.41) is 0. The number of rotatable bonds is 19. The van der Waals surface area contributed by atoms with Crippen molar-refractivity contribution < 1.29 is 9.47 Å². The van der Waals surface area contributed by atoms with Gasteiger partial charge in [-0.05, 0) is 78.1 Å². The third kappa shape index (κ3) is 7.94. The van der Waals surface area contributed by atoms with Crippen LogP contribution in [-0.4, -0.2) is 13.2 Å². The lowest BCUT2D eigenvalue weighted by atomic mass is 9.85. The van der Waals surface area contributed by atoms with E-state index in [0.29, 0.717) is 11.8 Å². The first-order chi connectivity index (χ1) is 21.2. The molecule has 0 bridgehead atoms. The fourth-order valence-electron chi connectivity index (χ4n) is 7.25. The third-order valence-electron chi connectivity index (χ3n) is 9.68. The summed E-state index contributed by atoms with van der Waals surface area (Å²) in [7, 11) is 0. The summed E-state index contributed by atoms with van der Waals surface area (Å²) in [5.74, 6) is 2.77. The van der Waals surface area contributed by atoms with Gasteiger partial charge in [-0.15, -0.1) is 0 Å². The molecule has 0 spiro atoms. The average Bonchev–Trinajstić information content (AvgIpc) is 3.51. The number of hydrogen-bond donors (Lipinski definition) is 0. The Morgan fingerprint density at radius 2 is 1.02 bits per heavy atom. The zero-order valence-corrected chi connectivity index (χ0v) is 27.1. The Morgan fingerprint density at radius 1 is 0.535 bits per heavy atom. The van der Waals surface area contributed by atoms with E-state index in [1.54, 1.807) is 0 Å². The molecule has 2 nitrogen and oxygen atoms in total. The second-order valence-electron chi connectivity index (χ2n) is 12.9. The molecule has 2 aliphatic rings. The van der Waals surface area contributed by atoms with Crippen LogP contribution < -0.4 is 9.47 Å². The van der Waals surface area contributed by atoms with Gasteiger partial charge in [-0.3, -0.25) is 0 Å². The van der Waals surface area contributed by atoms with Crippen molar-refractivity contribution in [3.63, 3.8) is 0 Å². The molecule has 0 amide bonds. The van der Waals surface area contributed by atoms with Crippen molar-refractivity contribution in [1.82, 2.24) is 0 Å². The van der Waals surface area contributed by atoms with Crippen molar-refractivity contribution in [3.8, 4) is 22.6 Å². The fourth-order valence-corrected chi connectivity index (χ4v) is 7.25. The van der Waals surface area contributed by atoms with Gasteiger partial charge < -0.3 is 9.47 Å². The third-order valence-corrected chi connectivity index (χ3v) is 9.68. The molecule has 1 unspecified atom stereocenters. The number of unbranched alkanes of at least 4 members (excludes halogenated alkanes) is 10. The molecule has 2 heteroatoms. The number of allylic oxidation sites excluding steroid dienone is 1. The first kappa shape index (κ1) is 31.4. The maximum absolute atomic E-state index is 6.49. The molecule has 0 fully saturated rings. The van der Waals surface area contributed by atoms with Gasteiger partial charge in [-0.25, -0.2) is 0 Å². The molecular weight excluding hydrogens is 524 g/mol. The Balaban J connectivity index is 1.27. The maximum Gasteiger partial charge on any atom is 0.161 e. The molecule has 0 saturated heterocycles. The molecule has 3 aromatic carbocycles. The first-order valence-corrected chi connectivity index (χ1v) is 17.5. The van der Waals surface area contributed by atoms with Crippen LogP contribution in [-0.2, 0) is 0 Å². The van der Waals surface area contributed by atoms with Gasteiger partial charge in [-0.2, -0.15) is 0 Å². The average molecular weight is 579 g/mol. The smallest absolute Gasteiger partial charge is 0.161 e. The molecular formula is C41H54O2. The molecule has 0 N–H and O–H groups in total. The Labute approximate surface area is 261 Å². The lowest BCUT2D eigenvalue weighted by Crippen LogP contribution is -2.06. The molecule has 3 aromatic rings. The van der Waals surface area contributed by atoms with E-state index in [1.807, 2.05) is 0 Å². The molecule has 43 heavy (non-hydrogen) atoms. The molecule has 0 aliphatic heterocycles. The van der Waals surface area contributed by atoms with Crippen LogP contribution in [0, 0.1) is 0 Å². The largest absolute Gasteiger partial charge is 0.490 e. The summed E-state index contributed by atoms with van der Waals surface area (Å²) >= 11 is 0. The quantitative estimate of drug-likeness (QED) is 0.132. The molecule has 5 rings (SSSR count). The van der Waals surface area contributed by atoms with Gasteiger partial charge in [0.05, 0.1) is 13.2 Å². The minimum atomic E-state index is 0.430. The minimum absolute atomic E-state index is 0.430. The Morgan fingerprint density at radius 3 is 1.60 bits per heavy atom. The van der Waals surface area contributed by atoms with Gasteiger partial charge in [0, 0.05) is 11.8 Å². The van der Waals surface area contributed by atoms with E-state index in [1.165, 1.54) is 103 Å². The van der Waals surface area contributed by atoms with Gasteiger partial charge in [-0.1, -0.05) is 138 Å². The fraction of sp³-hybridized carbons (Fsp3) is 0.512. The van der Waals surface area contributed by atoms with Crippen LogP contribution in [0.1, 0.15) is 145 Å². The molecule has 2 aliphatic carbocycles. The van der Waals surface area contributed by atoms with E-state index in [9.17, 15) is 0 Å². The van der Waals surface area contributed by atoms with E-state index >= 15 is 0 Å². The van der Waals surface area contributed by atoms with Crippen LogP contribution >= 0.6 is 0 Å². The summed E-state index contributed by atoms with van der Waals surface area (Å²) in [6, 6.07) is 22.6. The second-order valence-corrected chi connectivity index (χ2v) is 12.9. The standard InChI is InChI=1S/C41H54O2/c1-4-6-8-10-12-18-26-42-40-29-32-28-31(3)33(39(32)30-41(40)43-27-19-13-11-9-7-5-2)24-25-38-36-22-16-14-20-34(36)35-21-15-17-23-37(35)38/h14-17,20-23,28-30,33,38H,4-13,18-19,24-27H2,1-3H3. The maximum atomic E-state index is 6.49. The summed E-state index contributed by atoms with van der Waals surface area (Å²) in [4.78, 5) is 0. The predicted octanol–water partition coefficient (Wildman–Crippen LogP) is 12.3. The summed E-state index contributed by atoms with van der Waals surface area (Å²) in [6.07, 6.45) is 19.9. The van der Waals surface area contributed by atoms with Crippen molar-refractivity contribution in [1.29, 1.82) is 0 Å². The van der Waals surface area contributed by atoms with E-state index in [2.05, 4.69) is 87.5 Å². The zero-order chi connectivity index (χ0) is 29.9. The van der Waals surface area contributed by atoms with Crippen molar-refractivity contribution in [2.45, 2.75) is 122 Å². The summed E-state index contributed by atoms with van der Waals surface area (Å²) < 4.78 is 12.9. The van der Waals surface area contributed by atoms with Gasteiger partial charge in [0.1, 0.15) is 0 Å². The molecule has 0 saturated carbocycles. The van der Waals surface area contributed by atoms with Crippen LogP contribution in [0.15, 0.2) is 66.2 Å². The topological polar surface area (TPSA) is 18.5 Å². The van der Waals surface area contributed by atoms with Gasteiger partial charge in [0.15, 0.2) is 11.5 Å². The monoisotopic (exact) mass is 578 g/mol. The predicted molar refractivity (Wildman–Crippen MR) is 184 cm³/mol. The molecule has 230 valence electrons. The van der Waals surface area contributed by atoms with E-state index < -0.39 is 0 Å². The highest BCUT2D eigenvalue weighted by atomic mass is 16.5. The van der Waals surface area contributed by atoms with E-state index in [-0.39, 0.29) is 0 Å². The van der Waals surface area contributed by atoms with Gasteiger partial charge in [0.25, 0.3) is 0 Å². The molecule has 1 atom stereocenters. The first-order valence-electron chi connectivity index (χ1n) is 17.5. The lowest BCUT2D eigenvalue weighted by molar-refractivity contribution is 0.258. The van der Waals surface area contributed by atoms with Gasteiger partial charge >= 0.3 is 0 Å². The molecule has 0 heterocycles. The Kier molecular flexibility index (Phi) is 11.8. The van der Waals surface area contributed by atoms with Crippen molar-refractivity contribution in [3.05, 3.63) is 88.5 Å².